The maximum Gasteiger partial charge on any atom is 0.306 e. The molecule has 0 spiro atoms. The number of anilines is 1. The molecule has 3 rings (SSSR count). The summed E-state index contributed by atoms with van der Waals surface area (Å²) in [6, 6.07) is 4.45. The lowest BCUT2D eigenvalue weighted by molar-refractivity contribution is -0.145. The van der Waals surface area contributed by atoms with Crippen molar-refractivity contribution in [2.24, 2.45) is 5.92 Å². The summed E-state index contributed by atoms with van der Waals surface area (Å²) < 4.78 is 26.0. The lowest BCUT2D eigenvalue weighted by Gasteiger charge is -2.33. The lowest BCUT2D eigenvalue weighted by atomic mass is 9.80. The topological polar surface area (TPSA) is 107 Å². The Hall–Kier alpha value is -2.13. The number of sulfonamides is 1. The molecule has 2 fully saturated rings. The SMILES string of the molecule is CN(C)S(=O)(=O)c1ccc(N2CCCC2)c(C(=O)NC2CC(C(=O)O)C2)c1. The van der Waals surface area contributed by atoms with E-state index >= 15 is 0 Å². The molecule has 148 valence electrons. The monoisotopic (exact) mass is 395 g/mol. The van der Waals surface area contributed by atoms with Crippen LogP contribution < -0.4 is 10.2 Å². The number of nitrogens with zero attached hydrogens (tertiary/aromatic N) is 2. The van der Waals surface area contributed by atoms with E-state index in [2.05, 4.69) is 10.2 Å². The van der Waals surface area contributed by atoms with Gasteiger partial charge in [-0.2, -0.15) is 0 Å². The molecule has 0 aromatic heterocycles. The number of amides is 1. The second-order valence-electron chi connectivity index (χ2n) is 7.34. The smallest absolute Gasteiger partial charge is 0.306 e. The molecule has 2 N–H and O–H groups in total. The van der Waals surface area contributed by atoms with E-state index in [-0.39, 0.29) is 16.8 Å². The van der Waals surface area contributed by atoms with E-state index in [4.69, 9.17) is 5.11 Å². The van der Waals surface area contributed by atoms with E-state index in [0.29, 0.717) is 18.4 Å². The van der Waals surface area contributed by atoms with Gasteiger partial charge >= 0.3 is 5.97 Å². The van der Waals surface area contributed by atoms with Crippen LogP contribution in [0.5, 0.6) is 0 Å². The van der Waals surface area contributed by atoms with Crippen molar-refractivity contribution >= 4 is 27.6 Å². The predicted octanol–water partition coefficient (Wildman–Crippen LogP) is 1.13. The van der Waals surface area contributed by atoms with Gasteiger partial charge in [-0.15, -0.1) is 0 Å². The highest BCUT2D eigenvalue weighted by Crippen LogP contribution is 2.31. The second-order valence-corrected chi connectivity index (χ2v) is 9.49. The van der Waals surface area contributed by atoms with Crippen LogP contribution in [0.1, 0.15) is 36.0 Å². The maximum absolute atomic E-state index is 12.9. The van der Waals surface area contributed by atoms with Gasteiger partial charge in [-0.1, -0.05) is 0 Å². The van der Waals surface area contributed by atoms with E-state index in [9.17, 15) is 18.0 Å². The second kappa shape index (κ2) is 7.47. The molecule has 1 amide bonds. The summed E-state index contributed by atoms with van der Waals surface area (Å²) in [5.74, 6) is -1.63. The Labute approximate surface area is 159 Å². The highest BCUT2D eigenvalue weighted by Gasteiger charge is 2.36. The highest BCUT2D eigenvalue weighted by molar-refractivity contribution is 7.89. The number of rotatable bonds is 6. The van der Waals surface area contributed by atoms with Crippen molar-refractivity contribution in [2.45, 2.75) is 36.6 Å². The molecule has 0 atom stereocenters. The van der Waals surface area contributed by atoms with Crippen LogP contribution in [0, 0.1) is 5.92 Å². The first-order valence-corrected chi connectivity index (χ1v) is 10.5. The van der Waals surface area contributed by atoms with Crippen molar-refractivity contribution in [1.29, 1.82) is 0 Å². The molecule has 0 unspecified atom stereocenters. The summed E-state index contributed by atoms with van der Waals surface area (Å²) >= 11 is 0. The maximum atomic E-state index is 12.9. The first-order chi connectivity index (χ1) is 12.7. The quantitative estimate of drug-likeness (QED) is 0.748. The van der Waals surface area contributed by atoms with Gasteiger partial charge in [-0.3, -0.25) is 9.59 Å². The zero-order chi connectivity index (χ0) is 19.8. The van der Waals surface area contributed by atoms with Crippen molar-refractivity contribution in [3.05, 3.63) is 23.8 Å². The fourth-order valence-corrected chi connectivity index (χ4v) is 4.43. The molecule has 1 saturated heterocycles. The molecule has 0 bridgehead atoms. The summed E-state index contributed by atoms with van der Waals surface area (Å²) in [4.78, 5) is 25.9. The average molecular weight is 395 g/mol. The zero-order valence-electron chi connectivity index (χ0n) is 15.5. The average Bonchev–Trinajstić information content (AvgIpc) is 3.10. The Morgan fingerprint density at radius 3 is 2.37 bits per heavy atom. The molecular formula is C18H25N3O5S. The third-order valence-electron chi connectivity index (χ3n) is 5.26. The summed E-state index contributed by atoms with van der Waals surface area (Å²) in [6.45, 7) is 1.65. The van der Waals surface area contributed by atoms with Gasteiger partial charge in [0.15, 0.2) is 0 Å². The van der Waals surface area contributed by atoms with Crippen molar-refractivity contribution in [2.75, 3.05) is 32.1 Å². The van der Waals surface area contributed by atoms with Gasteiger partial charge in [0.25, 0.3) is 5.91 Å². The van der Waals surface area contributed by atoms with Crippen LogP contribution in [0.4, 0.5) is 5.69 Å². The van der Waals surface area contributed by atoms with Crippen LogP contribution in [-0.4, -0.2) is 62.9 Å². The number of carbonyl (C=O) groups excluding carboxylic acids is 1. The standard InChI is InChI=1S/C18H25N3O5S/c1-20(2)27(25,26)14-5-6-16(21-7-3-4-8-21)15(11-14)17(22)19-13-9-12(10-13)18(23)24/h5-6,11-13H,3-4,7-10H2,1-2H3,(H,19,22)(H,23,24). The van der Waals surface area contributed by atoms with Crippen molar-refractivity contribution in [3.63, 3.8) is 0 Å². The zero-order valence-corrected chi connectivity index (χ0v) is 16.3. The van der Waals surface area contributed by atoms with Crippen LogP contribution in [0.3, 0.4) is 0 Å². The van der Waals surface area contributed by atoms with Gasteiger partial charge < -0.3 is 15.3 Å². The van der Waals surface area contributed by atoms with E-state index in [1.807, 2.05) is 0 Å². The number of hydrogen-bond acceptors (Lipinski definition) is 5. The molecule has 9 heteroatoms. The number of carboxylic acids is 1. The summed E-state index contributed by atoms with van der Waals surface area (Å²) in [6.07, 6.45) is 2.86. The van der Waals surface area contributed by atoms with Gasteiger partial charge in [0.05, 0.1) is 16.4 Å². The van der Waals surface area contributed by atoms with Gasteiger partial charge in [-0.25, -0.2) is 12.7 Å². The molecule has 1 aliphatic heterocycles. The largest absolute Gasteiger partial charge is 0.481 e. The first-order valence-electron chi connectivity index (χ1n) is 9.05. The number of carboxylic acid groups (broad SMARTS) is 1. The fourth-order valence-electron chi connectivity index (χ4n) is 3.50. The number of nitrogens with one attached hydrogen (secondary N) is 1. The molecule has 2 aliphatic rings. The molecule has 1 saturated carbocycles. The third-order valence-corrected chi connectivity index (χ3v) is 7.07. The van der Waals surface area contributed by atoms with Crippen molar-refractivity contribution in [1.82, 2.24) is 9.62 Å². The van der Waals surface area contributed by atoms with E-state index < -0.39 is 21.9 Å². The Kier molecular flexibility index (Phi) is 5.43. The molecule has 27 heavy (non-hydrogen) atoms. The van der Waals surface area contributed by atoms with Crippen LogP contribution in [-0.2, 0) is 14.8 Å². The van der Waals surface area contributed by atoms with Crippen LogP contribution in [0.25, 0.3) is 0 Å². The highest BCUT2D eigenvalue weighted by atomic mass is 32.2. The predicted molar refractivity (Wildman–Crippen MR) is 100 cm³/mol. The molecular weight excluding hydrogens is 370 g/mol. The van der Waals surface area contributed by atoms with Crippen LogP contribution >= 0.6 is 0 Å². The Morgan fingerprint density at radius 2 is 1.81 bits per heavy atom. The van der Waals surface area contributed by atoms with E-state index in [0.717, 1.165) is 35.9 Å². The van der Waals surface area contributed by atoms with Crippen molar-refractivity contribution in [3.8, 4) is 0 Å². The molecule has 1 aromatic rings. The minimum Gasteiger partial charge on any atom is -0.481 e. The fraction of sp³-hybridized carbons (Fsp3) is 0.556. The Balaban J connectivity index is 1.88. The third kappa shape index (κ3) is 3.93. The summed E-state index contributed by atoms with van der Waals surface area (Å²) in [5, 5.41) is 11.8. The number of aliphatic carboxylic acids is 1. The first kappa shape index (κ1) is 19.6. The van der Waals surface area contributed by atoms with Gasteiger partial charge in [-0.05, 0) is 43.9 Å². The summed E-state index contributed by atoms with van der Waals surface area (Å²) in [7, 11) is -0.760. The lowest BCUT2D eigenvalue weighted by Crippen LogP contribution is -2.47. The normalized spacial score (nSPS) is 22.6. The van der Waals surface area contributed by atoms with Gasteiger partial charge in [0.2, 0.25) is 10.0 Å². The van der Waals surface area contributed by atoms with Gasteiger partial charge in [0.1, 0.15) is 0 Å². The van der Waals surface area contributed by atoms with Crippen LogP contribution in [0.2, 0.25) is 0 Å². The van der Waals surface area contributed by atoms with Crippen LogP contribution in [0.15, 0.2) is 23.1 Å². The van der Waals surface area contributed by atoms with Crippen molar-refractivity contribution < 1.29 is 23.1 Å². The Morgan fingerprint density at radius 1 is 1.19 bits per heavy atom. The molecule has 1 heterocycles. The minimum atomic E-state index is -3.66. The summed E-state index contributed by atoms with van der Waals surface area (Å²) in [5.41, 5.74) is 1.04. The molecule has 1 aromatic carbocycles. The van der Waals surface area contributed by atoms with Gasteiger partial charge in [0, 0.05) is 38.9 Å². The minimum absolute atomic E-state index is 0.0672. The van der Waals surface area contributed by atoms with E-state index in [1.165, 1.54) is 26.2 Å². The number of hydrogen-bond donors (Lipinski definition) is 2. The number of benzene rings is 1. The number of carbonyl (C=O) groups is 2. The molecule has 1 aliphatic carbocycles. The Bertz CT molecular complexity index is 841. The van der Waals surface area contributed by atoms with E-state index in [1.54, 1.807) is 6.07 Å². The molecule has 0 radical (unpaired) electrons. The molecule has 8 nitrogen and oxygen atoms in total.